The molecule has 3 heteroatoms. The standard InChI is InChI=1S/C18H23NO2/c1-12-10-17(14(3)21-12)13(2)19-11-18-16-7-5-4-6-15(16)8-9-20-18/h4-7,10,13,18-19H,8-9,11H2,1-3H3. The van der Waals surface area contributed by atoms with Crippen molar-refractivity contribution in [1.29, 1.82) is 0 Å². The fourth-order valence-electron chi connectivity index (χ4n) is 3.12. The number of hydrogen-bond donors (Lipinski definition) is 1. The largest absolute Gasteiger partial charge is 0.466 e. The topological polar surface area (TPSA) is 34.4 Å². The minimum Gasteiger partial charge on any atom is -0.466 e. The van der Waals surface area contributed by atoms with Crippen LogP contribution in [0.3, 0.4) is 0 Å². The zero-order chi connectivity index (χ0) is 14.8. The Labute approximate surface area is 126 Å². The zero-order valence-electron chi connectivity index (χ0n) is 13.0. The number of aryl methyl sites for hydroxylation is 2. The predicted molar refractivity (Wildman–Crippen MR) is 83.4 cm³/mol. The van der Waals surface area contributed by atoms with Crippen molar-refractivity contribution < 1.29 is 9.15 Å². The number of rotatable bonds is 4. The second kappa shape index (κ2) is 6.04. The number of furan rings is 1. The summed E-state index contributed by atoms with van der Waals surface area (Å²) in [6.07, 6.45) is 1.16. The van der Waals surface area contributed by atoms with Gasteiger partial charge in [-0.3, -0.25) is 0 Å². The van der Waals surface area contributed by atoms with Crippen molar-refractivity contribution in [3.8, 4) is 0 Å². The highest BCUT2D eigenvalue weighted by Crippen LogP contribution is 2.27. The van der Waals surface area contributed by atoms with Gasteiger partial charge in [-0.1, -0.05) is 24.3 Å². The van der Waals surface area contributed by atoms with Gasteiger partial charge in [0.1, 0.15) is 11.5 Å². The number of fused-ring (bicyclic) bond motifs is 1. The number of ether oxygens (including phenoxy) is 1. The fraction of sp³-hybridized carbons (Fsp3) is 0.444. The van der Waals surface area contributed by atoms with Crippen LogP contribution in [0.1, 0.15) is 47.3 Å². The van der Waals surface area contributed by atoms with Gasteiger partial charge in [0.15, 0.2) is 0 Å². The summed E-state index contributed by atoms with van der Waals surface area (Å²) in [5, 5.41) is 3.58. The summed E-state index contributed by atoms with van der Waals surface area (Å²) in [6.45, 7) is 7.81. The van der Waals surface area contributed by atoms with E-state index in [1.54, 1.807) is 0 Å². The molecule has 1 aromatic heterocycles. The van der Waals surface area contributed by atoms with Crippen LogP contribution in [-0.2, 0) is 11.2 Å². The van der Waals surface area contributed by atoms with Crippen LogP contribution in [0.15, 0.2) is 34.7 Å². The summed E-state index contributed by atoms with van der Waals surface area (Å²) >= 11 is 0. The minimum atomic E-state index is 0.144. The van der Waals surface area contributed by atoms with E-state index in [1.165, 1.54) is 16.7 Å². The van der Waals surface area contributed by atoms with E-state index in [0.29, 0.717) is 0 Å². The summed E-state index contributed by atoms with van der Waals surface area (Å²) in [7, 11) is 0. The Morgan fingerprint density at radius 2 is 2.10 bits per heavy atom. The predicted octanol–water partition coefficient (Wildman–Crippen LogP) is 3.86. The molecule has 2 aromatic rings. The average molecular weight is 285 g/mol. The van der Waals surface area contributed by atoms with Crippen LogP contribution in [0, 0.1) is 13.8 Å². The molecular formula is C18H23NO2. The van der Waals surface area contributed by atoms with Gasteiger partial charge in [0.2, 0.25) is 0 Å². The molecule has 0 bridgehead atoms. The van der Waals surface area contributed by atoms with Crippen molar-refractivity contribution in [2.45, 2.75) is 39.3 Å². The molecule has 2 unspecified atom stereocenters. The van der Waals surface area contributed by atoms with Crippen LogP contribution in [0.5, 0.6) is 0 Å². The lowest BCUT2D eigenvalue weighted by atomic mass is 9.97. The lowest BCUT2D eigenvalue weighted by Gasteiger charge is -2.27. The fourth-order valence-corrected chi connectivity index (χ4v) is 3.12. The Kier molecular flexibility index (Phi) is 4.13. The molecule has 0 fully saturated rings. The second-order valence-electron chi connectivity index (χ2n) is 5.81. The molecule has 0 radical (unpaired) electrons. The summed E-state index contributed by atoms with van der Waals surface area (Å²) in [4.78, 5) is 0. The Bertz CT molecular complexity index is 617. The van der Waals surface area contributed by atoms with Gasteiger partial charge in [-0.05, 0) is 44.4 Å². The molecule has 0 spiro atoms. The molecule has 1 N–H and O–H groups in total. The first-order valence-corrected chi connectivity index (χ1v) is 7.65. The lowest BCUT2D eigenvalue weighted by Crippen LogP contribution is -2.29. The van der Waals surface area contributed by atoms with Gasteiger partial charge < -0.3 is 14.5 Å². The molecule has 0 amide bonds. The van der Waals surface area contributed by atoms with E-state index in [2.05, 4.69) is 42.6 Å². The maximum Gasteiger partial charge on any atom is 0.105 e. The van der Waals surface area contributed by atoms with E-state index < -0.39 is 0 Å². The highest BCUT2D eigenvalue weighted by molar-refractivity contribution is 5.31. The molecule has 1 aliphatic rings. The Morgan fingerprint density at radius 3 is 2.86 bits per heavy atom. The Morgan fingerprint density at radius 1 is 1.29 bits per heavy atom. The van der Waals surface area contributed by atoms with Gasteiger partial charge in [0, 0.05) is 18.2 Å². The third-order valence-electron chi connectivity index (χ3n) is 4.25. The molecule has 112 valence electrons. The average Bonchev–Trinajstić information content (AvgIpc) is 2.83. The van der Waals surface area contributed by atoms with Crippen molar-refractivity contribution in [3.05, 3.63) is 58.5 Å². The second-order valence-corrected chi connectivity index (χ2v) is 5.81. The molecule has 3 nitrogen and oxygen atoms in total. The van der Waals surface area contributed by atoms with Crippen molar-refractivity contribution in [1.82, 2.24) is 5.32 Å². The third kappa shape index (κ3) is 3.04. The SMILES string of the molecule is Cc1cc(C(C)NCC2OCCc3ccccc32)c(C)o1. The van der Waals surface area contributed by atoms with E-state index in [1.807, 2.05) is 13.8 Å². The van der Waals surface area contributed by atoms with E-state index >= 15 is 0 Å². The first-order chi connectivity index (χ1) is 10.1. The van der Waals surface area contributed by atoms with E-state index in [0.717, 1.165) is 31.1 Å². The molecule has 1 aliphatic heterocycles. The van der Waals surface area contributed by atoms with Gasteiger partial charge in [0.25, 0.3) is 0 Å². The van der Waals surface area contributed by atoms with Crippen molar-refractivity contribution in [2.24, 2.45) is 0 Å². The maximum atomic E-state index is 5.94. The number of benzene rings is 1. The summed E-state index contributed by atoms with van der Waals surface area (Å²) in [5.41, 5.74) is 3.97. The quantitative estimate of drug-likeness (QED) is 0.926. The molecule has 2 heterocycles. The van der Waals surface area contributed by atoms with Gasteiger partial charge >= 0.3 is 0 Å². The van der Waals surface area contributed by atoms with Crippen LogP contribution >= 0.6 is 0 Å². The summed E-state index contributed by atoms with van der Waals surface area (Å²) < 4.78 is 11.6. The van der Waals surface area contributed by atoms with E-state index in [-0.39, 0.29) is 12.1 Å². The molecule has 21 heavy (non-hydrogen) atoms. The lowest BCUT2D eigenvalue weighted by molar-refractivity contribution is 0.0409. The van der Waals surface area contributed by atoms with E-state index in [9.17, 15) is 0 Å². The molecule has 0 saturated heterocycles. The number of hydrogen-bond acceptors (Lipinski definition) is 3. The van der Waals surface area contributed by atoms with Crippen LogP contribution in [0.2, 0.25) is 0 Å². The van der Waals surface area contributed by atoms with Gasteiger partial charge in [-0.2, -0.15) is 0 Å². The third-order valence-corrected chi connectivity index (χ3v) is 4.25. The van der Waals surface area contributed by atoms with Crippen LogP contribution in [0.25, 0.3) is 0 Å². The smallest absolute Gasteiger partial charge is 0.105 e. The van der Waals surface area contributed by atoms with Crippen LogP contribution in [-0.4, -0.2) is 13.2 Å². The summed E-state index contributed by atoms with van der Waals surface area (Å²) in [5.74, 6) is 1.97. The highest BCUT2D eigenvalue weighted by Gasteiger charge is 2.21. The summed E-state index contributed by atoms with van der Waals surface area (Å²) in [6, 6.07) is 11.0. The van der Waals surface area contributed by atoms with Crippen molar-refractivity contribution in [2.75, 3.05) is 13.2 Å². The Balaban J connectivity index is 1.67. The maximum absolute atomic E-state index is 5.94. The normalized spacial score (nSPS) is 19.3. The van der Waals surface area contributed by atoms with Gasteiger partial charge in [-0.15, -0.1) is 0 Å². The van der Waals surface area contributed by atoms with Gasteiger partial charge in [-0.25, -0.2) is 0 Å². The molecule has 0 saturated carbocycles. The minimum absolute atomic E-state index is 0.144. The molecule has 1 aromatic carbocycles. The van der Waals surface area contributed by atoms with Crippen LogP contribution in [0.4, 0.5) is 0 Å². The molecule has 3 rings (SSSR count). The molecule has 2 atom stereocenters. The van der Waals surface area contributed by atoms with E-state index in [4.69, 9.17) is 9.15 Å². The Hall–Kier alpha value is -1.58. The van der Waals surface area contributed by atoms with Crippen molar-refractivity contribution in [3.63, 3.8) is 0 Å². The monoisotopic (exact) mass is 285 g/mol. The molecular weight excluding hydrogens is 262 g/mol. The first-order valence-electron chi connectivity index (χ1n) is 7.65. The first kappa shape index (κ1) is 14.4. The molecule has 0 aliphatic carbocycles. The van der Waals surface area contributed by atoms with Crippen molar-refractivity contribution >= 4 is 0 Å². The highest BCUT2D eigenvalue weighted by atomic mass is 16.5. The number of nitrogens with one attached hydrogen (secondary N) is 1. The zero-order valence-corrected chi connectivity index (χ0v) is 13.0. The van der Waals surface area contributed by atoms with Crippen LogP contribution < -0.4 is 5.32 Å². The van der Waals surface area contributed by atoms with Gasteiger partial charge in [0.05, 0.1) is 12.7 Å².